The number of nitrogens with zero attached hydrogens (tertiary/aromatic N) is 5. The molecule has 4 aliphatic heterocycles. The van der Waals surface area contributed by atoms with Crippen molar-refractivity contribution in [2.45, 2.75) is 44.6 Å². The van der Waals surface area contributed by atoms with Crippen LogP contribution in [0.5, 0.6) is 11.8 Å². The Balaban J connectivity index is 1.28. The van der Waals surface area contributed by atoms with E-state index >= 15 is 4.39 Å². The lowest BCUT2D eigenvalue weighted by Gasteiger charge is -2.31. The lowest BCUT2D eigenvalue weighted by atomic mass is 9.94. The number of rotatable bonds is 6. The summed E-state index contributed by atoms with van der Waals surface area (Å²) in [4.78, 5) is 42.9. The van der Waals surface area contributed by atoms with Crippen LogP contribution in [0.1, 0.15) is 38.2 Å². The molecular formula is C33H32F2N6O4. The number of carbonyl (C=O) groups is 2. The number of aryl methyl sites for hydroxylation is 1. The van der Waals surface area contributed by atoms with E-state index in [0.29, 0.717) is 40.6 Å². The molecule has 10 nitrogen and oxygen atoms in total. The highest BCUT2D eigenvalue weighted by Crippen LogP contribution is 2.42. The summed E-state index contributed by atoms with van der Waals surface area (Å²) in [7, 11) is 0. The van der Waals surface area contributed by atoms with Crippen molar-refractivity contribution in [3.63, 3.8) is 0 Å². The Hall–Kier alpha value is -4.45. The summed E-state index contributed by atoms with van der Waals surface area (Å²) in [5, 5.41) is 14.3. The van der Waals surface area contributed by atoms with Gasteiger partial charge in [-0.3, -0.25) is 24.8 Å². The van der Waals surface area contributed by atoms with Crippen LogP contribution < -0.4 is 15.0 Å². The quantitative estimate of drug-likeness (QED) is 0.309. The number of imide groups is 1. The van der Waals surface area contributed by atoms with Crippen LogP contribution in [-0.2, 0) is 16.0 Å². The second-order valence-electron chi connectivity index (χ2n) is 12.7. The molecule has 4 aromatic rings. The van der Waals surface area contributed by atoms with E-state index in [1.165, 1.54) is 24.4 Å². The van der Waals surface area contributed by atoms with Crippen molar-refractivity contribution < 1.29 is 28.2 Å². The zero-order valence-electron chi connectivity index (χ0n) is 24.8. The van der Waals surface area contributed by atoms with Crippen LogP contribution in [0.25, 0.3) is 32.9 Å². The SMILES string of the molecule is CCc1c(F)ccc2cc(O)cc(-c3ncc4c(N5CC6C(=O)NC(=O)C6C5)nc(OCC56CCCN5CCC6)nc4c3F)c12. The van der Waals surface area contributed by atoms with Gasteiger partial charge in [-0.25, -0.2) is 8.78 Å². The van der Waals surface area contributed by atoms with Gasteiger partial charge in [-0.2, -0.15) is 9.97 Å². The molecule has 6 heterocycles. The van der Waals surface area contributed by atoms with Crippen molar-refractivity contribution in [2.24, 2.45) is 11.8 Å². The number of hydrogen-bond acceptors (Lipinski definition) is 9. The van der Waals surface area contributed by atoms with Gasteiger partial charge >= 0.3 is 6.01 Å². The van der Waals surface area contributed by atoms with Gasteiger partial charge in [-0.15, -0.1) is 0 Å². The summed E-state index contributed by atoms with van der Waals surface area (Å²) >= 11 is 0. The fourth-order valence-corrected chi connectivity index (χ4v) is 8.02. The number of amides is 2. The molecule has 4 saturated heterocycles. The lowest BCUT2D eigenvalue weighted by molar-refractivity contribution is -0.126. The fraction of sp³-hybridized carbons (Fsp3) is 0.424. The highest BCUT2D eigenvalue weighted by atomic mass is 19.1. The monoisotopic (exact) mass is 614 g/mol. The number of aromatic nitrogens is 3. The zero-order valence-corrected chi connectivity index (χ0v) is 24.8. The molecule has 2 aromatic carbocycles. The van der Waals surface area contributed by atoms with Crippen molar-refractivity contribution in [1.29, 1.82) is 0 Å². The Morgan fingerprint density at radius 2 is 1.80 bits per heavy atom. The first-order chi connectivity index (χ1) is 21.8. The Bertz CT molecular complexity index is 1890. The van der Waals surface area contributed by atoms with E-state index in [1.54, 1.807) is 11.0 Å². The average Bonchev–Trinajstić information content (AvgIpc) is 3.79. The van der Waals surface area contributed by atoms with Gasteiger partial charge in [0.25, 0.3) is 0 Å². The van der Waals surface area contributed by atoms with E-state index in [4.69, 9.17) is 9.72 Å². The molecule has 0 aliphatic carbocycles. The van der Waals surface area contributed by atoms with Crippen LogP contribution in [0, 0.1) is 23.5 Å². The number of phenols is 1. The molecule has 12 heteroatoms. The number of benzene rings is 2. The Morgan fingerprint density at radius 3 is 2.51 bits per heavy atom. The standard InChI is InChI=1S/C33H32F2N6O4/c1-2-19-24(34)6-5-17-11-18(42)12-20(25(17)19)27-26(35)28-21(13-36-27)29(40-14-22-23(15-40)31(44)39-30(22)43)38-32(37-28)45-16-33-7-3-9-41(33)10-4-8-33/h5-6,11-13,22-23,42H,2-4,7-10,14-16H2,1H3,(H,39,43,44). The number of nitrogens with one attached hydrogen (secondary N) is 1. The highest BCUT2D eigenvalue weighted by Gasteiger charge is 2.49. The third-order valence-electron chi connectivity index (χ3n) is 10.2. The van der Waals surface area contributed by atoms with E-state index in [-0.39, 0.29) is 59.0 Å². The Labute approximate surface area is 257 Å². The molecule has 45 heavy (non-hydrogen) atoms. The van der Waals surface area contributed by atoms with Gasteiger partial charge in [-0.1, -0.05) is 13.0 Å². The molecule has 2 N–H and O–H groups in total. The maximum atomic E-state index is 16.8. The molecule has 4 aliphatic rings. The maximum absolute atomic E-state index is 16.8. The molecule has 0 saturated carbocycles. The van der Waals surface area contributed by atoms with E-state index < -0.39 is 23.5 Å². The second kappa shape index (κ2) is 10.3. The van der Waals surface area contributed by atoms with Crippen molar-refractivity contribution in [3.05, 3.63) is 47.7 Å². The smallest absolute Gasteiger partial charge is 0.319 e. The van der Waals surface area contributed by atoms with Gasteiger partial charge in [0, 0.05) is 24.8 Å². The topological polar surface area (TPSA) is 121 Å². The van der Waals surface area contributed by atoms with Gasteiger partial charge in [-0.05, 0) is 79.7 Å². The normalized spacial score (nSPS) is 22.4. The van der Waals surface area contributed by atoms with Crippen molar-refractivity contribution in [1.82, 2.24) is 25.2 Å². The minimum Gasteiger partial charge on any atom is -0.508 e. The first kappa shape index (κ1) is 28.1. The molecule has 8 rings (SSSR count). The van der Waals surface area contributed by atoms with Gasteiger partial charge < -0.3 is 14.7 Å². The Kier molecular flexibility index (Phi) is 6.42. The third kappa shape index (κ3) is 4.33. The maximum Gasteiger partial charge on any atom is 0.319 e. The molecular weight excluding hydrogens is 582 g/mol. The molecule has 2 atom stereocenters. The minimum absolute atomic E-state index is 0.00410. The van der Waals surface area contributed by atoms with Crippen LogP contribution in [0.3, 0.4) is 0 Å². The summed E-state index contributed by atoms with van der Waals surface area (Å²) in [6.45, 7) is 4.66. The molecule has 0 bridgehead atoms. The van der Waals surface area contributed by atoms with Crippen LogP contribution in [-0.4, -0.2) is 75.1 Å². The van der Waals surface area contributed by atoms with E-state index in [0.717, 1.165) is 38.8 Å². The first-order valence-electron chi connectivity index (χ1n) is 15.5. The van der Waals surface area contributed by atoms with Crippen LogP contribution in [0.15, 0.2) is 30.5 Å². The molecule has 2 unspecified atom stereocenters. The zero-order chi connectivity index (χ0) is 31.0. The van der Waals surface area contributed by atoms with Crippen LogP contribution >= 0.6 is 0 Å². The number of pyridine rings is 1. The van der Waals surface area contributed by atoms with E-state index in [9.17, 15) is 19.1 Å². The van der Waals surface area contributed by atoms with Gasteiger partial charge in [0.1, 0.15) is 35.2 Å². The number of ether oxygens (including phenoxy) is 1. The van der Waals surface area contributed by atoms with Crippen molar-refractivity contribution in [2.75, 3.05) is 37.7 Å². The molecule has 232 valence electrons. The molecule has 2 aromatic heterocycles. The predicted octanol–water partition coefficient (Wildman–Crippen LogP) is 4.11. The van der Waals surface area contributed by atoms with E-state index in [1.807, 2.05) is 6.92 Å². The Morgan fingerprint density at radius 1 is 1.07 bits per heavy atom. The third-order valence-corrected chi connectivity index (χ3v) is 10.2. The van der Waals surface area contributed by atoms with Crippen molar-refractivity contribution >= 4 is 39.3 Å². The number of phenolic OH excluding ortho intramolecular Hbond substituents is 1. The molecule has 2 amide bonds. The fourth-order valence-electron chi connectivity index (χ4n) is 8.02. The van der Waals surface area contributed by atoms with Crippen LogP contribution in [0.4, 0.5) is 14.6 Å². The average molecular weight is 615 g/mol. The number of aromatic hydroxyl groups is 1. The first-order valence-corrected chi connectivity index (χ1v) is 15.5. The van der Waals surface area contributed by atoms with E-state index in [2.05, 4.69) is 20.2 Å². The summed E-state index contributed by atoms with van der Waals surface area (Å²) in [6, 6.07) is 5.78. The van der Waals surface area contributed by atoms with Gasteiger partial charge in [0.2, 0.25) is 11.8 Å². The number of fused-ring (bicyclic) bond motifs is 4. The number of halogens is 2. The summed E-state index contributed by atoms with van der Waals surface area (Å²) < 4.78 is 38.0. The summed E-state index contributed by atoms with van der Waals surface area (Å²) in [6.07, 6.45) is 5.98. The number of carbonyl (C=O) groups excluding carboxylic acids is 2. The van der Waals surface area contributed by atoms with Gasteiger partial charge in [0.15, 0.2) is 5.82 Å². The number of hydrogen-bond donors (Lipinski definition) is 2. The molecule has 4 fully saturated rings. The lowest BCUT2D eigenvalue weighted by Crippen LogP contribution is -2.43. The molecule has 0 radical (unpaired) electrons. The number of anilines is 1. The summed E-state index contributed by atoms with van der Waals surface area (Å²) in [5.74, 6) is -2.70. The van der Waals surface area contributed by atoms with Crippen molar-refractivity contribution in [3.8, 4) is 23.0 Å². The predicted molar refractivity (Wildman–Crippen MR) is 162 cm³/mol. The summed E-state index contributed by atoms with van der Waals surface area (Å²) in [5.41, 5.74) is 0.387. The molecule has 0 spiro atoms. The van der Waals surface area contributed by atoms with Gasteiger partial charge in [0.05, 0.1) is 22.8 Å². The largest absolute Gasteiger partial charge is 0.508 e. The highest BCUT2D eigenvalue weighted by molar-refractivity contribution is 6.07. The minimum atomic E-state index is -0.769. The second-order valence-corrected chi connectivity index (χ2v) is 12.7. The van der Waals surface area contributed by atoms with Crippen LogP contribution in [0.2, 0.25) is 0 Å².